The highest BCUT2D eigenvalue weighted by Crippen LogP contribution is 2.34. The van der Waals surface area contributed by atoms with Crippen LogP contribution in [0.15, 0.2) is 48.5 Å². The Balaban J connectivity index is 1.95. The van der Waals surface area contributed by atoms with E-state index < -0.39 is 11.7 Å². The summed E-state index contributed by atoms with van der Waals surface area (Å²) in [6.07, 6.45) is -4.31. The highest BCUT2D eigenvalue weighted by molar-refractivity contribution is 5.48. The van der Waals surface area contributed by atoms with Crippen LogP contribution in [0.25, 0.3) is 0 Å². The fraction of sp³-hybridized carbons (Fsp3) is 0.400. The van der Waals surface area contributed by atoms with Crippen LogP contribution >= 0.6 is 0 Å². The number of rotatable bonds is 4. The van der Waals surface area contributed by atoms with E-state index in [1.165, 1.54) is 12.1 Å². The third-order valence-corrected chi connectivity index (χ3v) is 4.80. The summed E-state index contributed by atoms with van der Waals surface area (Å²) < 4.78 is 38.7. The molecular formula is C20H24F3N3. The lowest BCUT2D eigenvalue weighted by Crippen LogP contribution is -2.45. The zero-order chi connectivity index (χ0) is 18.7. The Labute approximate surface area is 152 Å². The molecule has 0 aromatic heterocycles. The maximum Gasteiger partial charge on any atom is 0.416 e. The lowest BCUT2D eigenvalue weighted by atomic mass is 9.95. The predicted octanol–water partition coefficient (Wildman–Crippen LogP) is 3.77. The molecule has 1 fully saturated rings. The summed E-state index contributed by atoms with van der Waals surface area (Å²) in [4.78, 5) is 4.35. The van der Waals surface area contributed by atoms with Crippen molar-refractivity contribution in [3.8, 4) is 0 Å². The van der Waals surface area contributed by atoms with Crippen LogP contribution in [0, 0.1) is 0 Å². The Morgan fingerprint density at radius 1 is 0.885 bits per heavy atom. The van der Waals surface area contributed by atoms with E-state index in [-0.39, 0.29) is 6.04 Å². The monoisotopic (exact) mass is 363 g/mol. The van der Waals surface area contributed by atoms with Gasteiger partial charge in [0.2, 0.25) is 0 Å². The molecule has 0 saturated carbocycles. The molecule has 1 saturated heterocycles. The number of nitrogens with zero attached hydrogens (tertiary/aromatic N) is 2. The molecule has 1 aliphatic heterocycles. The van der Waals surface area contributed by atoms with E-state index in [1.807, 2.05) is 19.0 Å². The Hall–Kier alpha value is -2.05. The molecule has 2 aromatic carbocycles. The maximum atomic E-state index is 12.9. The minimum atomic E-state index is -4.31. The highest BCUT2D eigenvalue weighted by atomic mass is 19.4. The van der Waals surface area contributed by atoms with Gasteiger partial charge in [0.15, 0.2) is 0 Å². The lowest BCUT2D eigenvalue weighted by molar-refractivity contribution is -0.137. The first-order chi connectivity index (χ1) is 12.4. The molecule has 1 unspecified atom stereocenters. The third-order valence-electron chi connectivity index (χ3n) is 4.80. The van der Waals surface area contributed by atoms with Crippen LogP contribution < -0.4 is 10.2 Å². The van der Waals surface area contributed by atoms with Gasteiger partial charge in [-0.2, -0.15) is 13.2 Å². The van der Waals surface area contributed by atoms with Crippen LogP contribution in [-0.2, 0) is 6.18 Å². The van der Waals surface area contributed by atoms with Gasteiger partial charge in [0.25, 0.3) is 0 Å². The number of halogens is 3. The normalized spacial score (nSPS) is 17.1. The molecule has 3 rings (SSSR count). The van der Waals surface area contributed by atoms with Gasteiger partial charge in [-0.3, -0.25) is 4.90 Å². The zero-order valence-electron chi connectivity index (χ0n) is 15.1. The molecule has 26 heavy (non-hydrogen) atoms. The number of hydrogen-bond acceptors (Lipinski definition) is 3. The van der Waals surface area contributed by atoms with E-state index in [1.54, 1.807) is 12.1 Å². The molecule has 0 spiro atoms. The summed E-state index contributed by atoms with van der Waals surface area (Å²) in [5.41, 5.74) is 2.47. The molecule has 1 atom stereocenters. The average Bonchev–Trinajstić information content (AvgIpc) is 2.63. The Bertz CT molecular complexity index is 703. The minimum Gasteiger partial charge on any atom is -0.378 e. The number of benzene rings is 2. The summed E-state index contributed by atoms with van der Waals surface area (Å²) in [7, 11) is 3.97. The number of alkyl halides is 3. The Morgan fingerprint density at radius 2 is 1.38 bits per heavy atom. The third kappa shape index (κ3) is 4.19. The van der Waals surface area contributed by atoms with Crippen molar-refractivity contribution in [1.82, 2.24) is 10.2 Å². The van der Waals surface area contributed by atoms with E-state index in [0.29, 0.717) is 0 Å². The quantitative estimate of drug-likeness (QED) is 0.892. The molecule has 0 radical (unpaired) electrons. The SMILES string of the molecule is CN(C)c1ccc(C(c2ccc(C(F)(F)F)cc2)N2CCNCC2)cc1. The van der Waals surface area contributed by atoms with Crippen LogP contribution in [0.4, 0.5) is 18.9 Å². The molecule has 6 heteroatoms. The highest BCUT2D eigenvalue weighted by Gasteiger charge is 2.31. The van der Waals surface area contributed by atoms with Gasteiger partial charge in [0, 0.05) is 46.0 Å². The zero-order valence-corrected chi connectivity index (χ0v) is 15.1. The van der Waals surface area contributed by atoms with Gasteiger partial charge >= 0.3 is 6.18 Å². The first-order valence-electron chi connectivity index (χ1n) is 8.75. The van der Waals surface area contributed by atoms with Crippen LogP contribution in [0.3, 0.4) is 0 Å². The molecule has 1 aliphatic rings. The predicted molar refractivity (Wildman–Crippen MR) is 98.5 cm³/mol. The van der Waals surface area contributed by atoms with Gasteiger partial charge in [-0.15, -0.1) is 0 Å². The molecule has 1 N–H and O–H groups in total. The van der Waals surface area contributed by atoms with Crippen LogP contribution in [0.1, 0.15) is 22.7 Å². The van der Waals surface area contributed by atoms with Crippen LogP contribution in [0.2, 0.25) is 0 Å². The molecule has 3 nitrogen and oxygen atoms in total. The van der Waals surface area contributed by atoms with E-state index >= 15 is 0 Å². The van der Waals surface area contributed by atoms with Crippen molar-refractivity contribution >= 4 is 5.69 Å². The van der Waals surface area contributed by atoms with Crippen molar-refractivity contribution in [3.63, 3.8) is 0 Å². The largest absolute Gasteiger partial charge is 0.416 e. The van der Waals surface area contributed by atoms with Crippen molar-refractivity contribution in [2.24, 2.45) is 0 Å². The molecule has 1 heterocycles. The number of hydrogen-bond donors (Lipinski definition) is 1. The number of anilines is 1. The molecule has 2 aromatic rings. The molecular weight excluding hydrogens is 339 g/mol. The van der Waals surface area contributed by atoms with Crippen molar-refractivity contribution in [2.75, 3.05) is 45.2 Å². The smallest absolute Gasteiger partial charge is 0.378 e. The van der Waals surface area contributed by atoms with Crippen molar-refractivity contribution in [1.29, 1.82) is 0 Å². The summed E-state index contributed by atoms with van der Waals surface area (Å²) in [5.74, 6) is 0. The minimum absolute atomic E-state index is 0.0457. The van der Waals surface area contributed by atoms with Crippen LogP contribution in [0.5, 0.6) is 0 Å². The fourth-order valence-corrected chi connectivity index (χ4v) is 3.36. The molecule has 0 bridgehead atoms. The number of piperazine rings is 1. The average molecular weight is 363 g/mol. The lowest BCUT2D eigenvalue weighted by Gasteiger charge is -2.36. The second-order valence-corrected chi connectivity index (χ2v) is 6.79. The molecule has 0 aliphatic carbocycles. The molecule has 0 amide bonds. The summed E-state index contributed by atoms with van der Waals surface area (Å²) in [5, 5.41) is 3.33. The standard InChI is InChI=1S/C20H24F3N3/c1-25(2)18-9-5-16(6-10-18)19(26-13-11-24-12-14-26)15-3-7-17(8-4-15)20(21,22)23/h3-10,19,24H,11-14H2,1-2H3. The Morgan fingerprint density at radius 3 is 1.85 bits per heavy atom. The van der Waals surface area contributed by atoms with Crippen molar-refractivity contribution in [3.05, 3.63) is 65.2 Å². The van der Waals surface area contributed by atoms with Gasteiger partial charge in [0.05, 0.1) is 11.6 Å². The van der Waals surface area contributed by atoms with Crippen molar-refractivity contribution in [2.45, 2.75) is 12.2 Å². The van der Waals surface area contributed by atoms with Gasteiger partial charge in [-0.05, 0) is 35.4 Å². The van der Waals surface area contributed by atoms with E-state index in [4.69, 9.17) is 0 Å². The van der Waals surface area contributed by atoms with E-state index in [2.05, 4.69) is 34.5 Å². The number of nitrogens with one attached hydrogen (secondary N) is 1. The second kappa shape index (κ2) is 7.68. The van der Waals surface area contributed by atoms with Crippen molar-refractivity contribution < 1.29 is 13.2 Å². The first-order valence-corrected chi connectivity index (χ1v) is 8.75. The van der Waals surface area contributed by atoms with E-state index in [0.717, 1.165) is 43.0 Å². The van der Waals surface area contributed by atoms with Crippen LogP contribution in [-0.4, -0.2) is 45.2 Å². The molecule has 140 valence electrons. The van der Waals surface area contributed by atoms with Gasteiger partial charge in [-0.25, -0.2) is 0 Å². The van der Waals surface area contributed by atoms with Gasteiger partial charge in [0.1, 0.15) is 0 Å². The Kier molecular flexibility index (Phi) is 5.53. The van der Waals surface area contributed by atoms with E-state index in [9.17, 15) is 13.2 Å². The van der Waals surface area contributed by atoms with Gasteiger partial charge in [-0.1, -0.05) is 24.3 Å². The topological polar surface area (TPSA) is 18.5 Å². The van der Waals surface area contributed by atoms with Gasteiger partial charge < -0.3 is 10.2 Å². The fourth-order valence-electron chi connectivity index (χ4n) is 3.36. The first kappa shape index (κ1) is 18.7. The maximum absolute atomic E-state index is 12.9. The second-order valence-electron chi connectivity index (χ2n) is 6.79. The summed E-state index contributed by atoms with van der Waals surface area (Å²) in [6, 6.07) is 13.8. The summed E-state index contributed by atoms with van der Waals surface area (Å²) >= 11 is 0. The summed E-state index contributed by atoms with van der Waals surface area (Å²) in [6.45, 7) is 3.49.